The molecule has 2 aromatic rings. The molecule has 0 fully saturated rings. The van der Waals surface area contributed by atoms with Gasteiger partial charge in [0.2, 0.25) is 20.0 Å². The molecule has 6 nitrogen and oxygen atoms in total. The van der Waals surface area contributed by atoms with Gasteiger partial charge in [-0.3, -0.25) is 4.72 Å². The van der Waals surface area contributed by atoms with Crippen molar-refractivity contribution >= 4 is 25.7 Å². The predicted octanol–water partition coefficient (Wildman–Crippen LogP) is 3.03. The van der Waals surface area contributed by atoms with Crippen molar-refractivity contribution in [3.8, 4) is 0 Å². The third-order valence-corrected chi connectivity index (χ3v) is 8.18. The van der Waals surface area contributed by atoms with E-state index in [1.807, 2.05) is 38.1 Å². The van der Waals surface area contributed by atoms with Crippen LogP contribution in [0.4, 0.5) is 5.69 Å². The van der Waals surface area contributed by atoms with Crippen molar-refractivity contribution in [1.82, 2.24) is 4.31 Å². The molecule has 0 spiro atoms. The molecule has 3 rings (SSSR count). The Hall–Kier alpha value is -1.90. The first-order valence-electron chi connectivity index (χ1n) is 9.35. The van der Waals surface area contributed by atoms with Crippen LogP contribution >= 0.6 is 0 Å². The summed E-state index contributed by atoms with van der Waals surface area (Å²) in [5.74, 6) is 0.0266. The molecule has 0 saturated heterocycles. The molecule has 0 aromatic heterocycles. The number of nitrogens with one attached hydrogen (secondary N) is 1. The van der Waals surface area contributed by atoms with E-state index in [1.165, 1.54) is 4.31 Å². The van der Waals surface area contributed by atoms with Gasteiger partial charge in [-0.1, -0.05) is 37.3 Å². The quantitative estimate of drug-likeness (QED) is 0.743. The zero-order valence-corrected chi connectivity index (χ0v) is 17.8. The number of sulfonamides is 2. The molecular formula is C20H26N2O4S2. The summed E-state index contributed by atoms with van der Waals surface area (Å²) in [4.78, 5) is 0. The number of anilines is 1. The van der Waals surface area contributed by atoms with E-state index in [0.29, 0.717) is 25.1 Å². The molecule has 0 saturated carbocycles. The first-order chi connectivity index (χ1) is 13.2. The largest absolute Gasteiger partial charge is 0.283 e. The van der Waals surface area contributed by atoms with Gasteiger partial charge >= 0.3 is 0 Å². The van der Waals surface area contributed by atoms with E-state index in [1.54, 1.807) is 18.2 Å². The summed E-state index contributed by atoms with van der Waals surface area (Å²) >= 11 is 0. The normalized spacial score (nSPS) is 15.2. The van der Waals surface area contributed by atoms with Crippen LogP contribution in [0.1, 0.15) is 35.6 Å². The topological polar surface area (TPSA) is 83.6 Å². The number of nitrogens with zero attached hydrogens (tertiary/aromatic N) is 1. The van der Waals surface area contributed by atoms with Gasteiger partial charge in [0, 0.05) is 18.8 Å². The van der Waals surface area contributed by atoms with Gasteiger partial charge in [0.15, 0.2) is 0 Å². The maximum atomic E-state index is 12.6. The molecule has 1 heterocycles. The Balaban J connectivity index is 1.78. The second kappa shape index (κ2) is 8.23. The molecule has 152 valence electrons. The van der Waals surface area contributed by atoms with E-state index in [0.717, 1.165) is 22.3 Å². The molecule has 1 N–H and O–H groups in total. The van der Waals surface area contributed by atoms with Gasteiger partial charge in [0.05, 0.1) is 11.5 Å². The Bertz CT molecular complexity index is 1060. The summed E-state index contributed by atoms with van der Waals surface area (Å²) in [7, 11) is -6.84. The maximum Gasteiger partial charge on any atom is 0.236 e. The summed E-state index contributed by atoms with van der Waals surface area (Å²) in [5.41, 5.74) is 4.05. The number of aryl methyl sites for hydroxylation is 1. The van der Waals surface area contributed by atoms with Gasteiger partial charge in [-0.15, -0.1) is 0 Å². The summed E-state index contributed by atoms with van der Waals surface area (Å²) in [6.07, 6.45) is 1.21. The second-order valence-corrected chi connectivity index (χ2v) is 11.0. The Morgan fingerprint density at radius 3 is 2.50 bits per heavy atom. The lowest BCUT2D eigenvalue weighted by molar-refractivity contribution is 0.391. The smallest absolute Gasteiger partial charge is 0.236 e. The summed E-state index contributed by atoms with van der Waals surface area (Å²) in [5, 5.41) is 0. The summed E-state index contributed by atoms with van der Waals surface area (Å²) in [6.45, 7) is 4.48. The first-order valence-corrected chi connectivity index (χ1v) is 12.6. The molecule has 8 heteroatoms. The van der Waals surface area contributed by atoms with Crippen molar-refractivity contribution in [3.63, 3.8) is 0 Å². The van der Waals surface area contributed by atoms with E-state index >= 15 is 0 Å². The zero-order chi connectivity index (χ0) is 20.4. The molecule has 0 amide bonds. The van der Waals surface area contributed by atoms with Crippen LogP contribution in [0.5, 0.6) is 0 Å². The summed E-state index contributed by atoms with van der Waals surface area (Å²) in [6, 6.07) is 12.8. The molecule has 0 aliphatic carbocycles. The minimum atomic E-state index is -3.57. The molecule has 1 aliphatic heterocycles. The van der Waals surface area contributed by atoms with Gasteiger partial charge < -0.3 is 0 Å². The van der Waals surface area contributed by atoms with E-state index in [2.05, 4.69) is 4.72 Å². The third kappa shape index (κ3) is 4.92. The minimum absolute atomic E-state index is 0.103. The number of benzene rings is 2. The second-order valence-electron chi connectivity index (χ2n) is 7.17. The SMILES string of the molecule is CCCS(=O)(=O)N1CCc2ccc(NS(=O)(=O)Cc3ccccc3C)cc2C1. The molecule has 28 heavy (non-hydrogen) atoms. The standard InChI is InChI=1S/C20H26N2O4S2/c1-3-12-28(25,26)22-11-10-17-8-9-20(13-19(17)14-22)21-27(23,24)15-18-7-5-4-6-16(18)2/h4-9,13,21H,3,10-12,14-15H2,1-2H3. The van der Waals surface area contributed by atoms with Gasteiger partial charge in [0.25, 0.3) is 0 Å². The van der Waals surface area contributed by atoms with Crippen LogP contribution in [0.3, 0.4) is 0 Å². The number of hydrogen-bond donors (Lipinski definition) is 1. The van der Waals surface area contributed by atoms with Crippen molar-refractivity contribution in [2.24, 2.45) is 0 Å². The maximum absolute atomic E-state index is 12.6. The van der Waals surface area contributed by atoms with Gasteiger partial charge in [-0.2, -0.15) is 4.31 Å². The van der Waals surface area contributed by atoms with Crippen LogP contribution in [0.25, 0.3) is 0 Å². The average molecular weight is 423 g/mol. The van der Waals surface area contributed by atoms with Crippen molar-refractivity contribution in [2.45, 2.75) is 39.0 Å². The van der Waals surface area contributed by atoms with Gasteiger partial charge in [0.1, 0.15) is 0 Å². The van der Waals surface area contributed by atoms with Crippen LogP contribution in [-0.4, -0.2) is 33.4 Å². The van der Waals surface area contributed by atoms with Crippen LogP contribution in [0, 0.1) is 6.92 Å². The van der Waals surface area contributed by atoms with E-state index < -0.39 is 20.0 Å². The lowest BCUT2D eigenvalue weighted by atomic mass is 10.0. The van der Waals surface area contributed by atoms with Gasteiger partial charge in [-0.05, 0) is 54.2 Å². The zero-order valence-electron chi connectivity index (χ0n) is 16.2. The number of fused-ring (bicyclic) bond motifs is 1. The highest BCUT2D eigenvalue weighted by atomic mass is 32.2. The van der Waals surface area contributed by atoms with E-state index in [4.69, 9.17) is 0 Å². The Kier molecular flexibility index (Phi) is 6.12. The molecule has 0 bridgehead atoms. The lowest BCUT2D eigenvalue weighted by Gasteiger charge is -2.28. The number of rotatable bonds is 7. The van der Waals surface area contributed by atoms with Crippen LogP contribution in [0.15, 0.2) is 42.5 Å². The molecule has 0 atom stereocenters. The van der Waals surface area contributed by atoms with Crippen molar-refractivity contribution < 1.29 is 16.8 Å². The Morgan fingerprint density at radius 2 is 1.79 bits per heavy atom. The minimum Gasteiger partial charge on any atom is -0.283 e. The highest BCUT2D eigenvalue weighted by molar-refractivity contribution is 7.91. The summed E-state index contributed by atoms with van der Waals surface area (Å²) < 4.78 is 54.0. The predicted molar refractivity (Wildman–Crippen MR) is 112 cm³/mol. The van der Waals surface area contributed by atoms with Crippen molar-refractivity contribution in [2.75, 3.05) is 17.0 Å². The van der Waals surface area contributed by atoms with Crippen LogP contribution < -0.4 is 4.72 Å². The molecule has 0 unspecified atom stereocenters. The Morgan fingerprint density at radius 1 is 1.04 bits per heavy atom. The average Bonchev–Trinajstić information content (AvgIpc) is 2.62. The van der Waals surface area contributed by atoms with Crippen LogP contribution in [-0.2, 0) is 38.8 Å². The number of hydrogen-bond acceptors (Lipinski definition) is 4. The monoisotopic (exact) mass is 422 g/mol. The lowest BCUT2D eigenvalue weighted by Crippen LogP contribution is -2.37. The molecule has 0 radical (unpaired) electrons. The first kappa shape index (κ1) is 20.8. The third-order valence-electron chi connectivity index (χ3n) is 4.92. The fourth-order valence-electron chi connectivity index (χ4n) is 3.41. The molecule has 1 aliphatic rings. The van der Waals surface area contributed by atoms with E-state index in [9.17, 15) is 16.8 Å². The van der Waals surface area contributed by atoms with Crippen molar-refractivity contribution in [3.05, 3.63) is 64.7 Å². The highest BCUT2D eigenvalue weighted by Crippen LogP contribution is 2.25. The van der Waals surface area contributed by atoms with Crippen molar-refractivity contribution in [1.29, 1.82) is 0 Å². The van der Waals surface area contributed by atoms with Gasteiger partial charge in [-0.25, -0.2) is 16.8 Å². The fourth-order valence-corrected chi connectivity index (χ4v) is 6.18. The molecule has 2 aromatic carbocycles. The fraction of sp³-hybridized carbons (Fsp3) is 0.400. The highest BCUT2D eigenvalue weighted by Gasteiger charge is 2.26. The molecular weight excluding hydrogens is 396 g/mol. The Labute approximate surface area is 167 Å². The van der Waals surface area contributed by atoms with Crippen LogP contribution in [0.2, 0.25) is 0 Å². The van der Waals surface area contributed by atoms with E-state index in [-0.39, 0.29) is 18.1 Å².